The third kappa shape index (κ3) is 3.72. The summed E-state index contributed by atoms with van der Waals surface area (Å²) in [5.41, 5.74) is 3.59. The van der Waals surface area contributed by atoms with E-state index >= 15 is 0 Å². The van der Waals surface area contributed by atoms with E-state index in [1.54, 1.807) is 0 Å². The Morgan fingerprint density at radius 3 is 2.79 bits per heavy atom. The van der Waals surface area contributed by atoms with Crippen LogP contribution in [-0.4, -0.2) is 26.5 Å². The zero-order valence-corrected chi connectivity index (χ0v) is 15.1. The molecule has 0 aliphatic heterocycles. The number of benzene rings is 1. The minimum Gasteiger partial charge on any atom is -0.349 e. The molecule has 3 rings (SSSR count). The molecule has 1 aliphatic rings. The predicted octanol–water partition coefficient (Wildman–Crippen LogP) is 2.46. The van der Waals surface area contributed by atoms with Gasteiger partial charge in [0.15, 0.2) is 5.82 Å². The van der Waals surface area contributed by atoms with Crippen molar-refractivity contribution < 1.29 is 4.79 Å². The highest BCUT2D eigenvalue weighted by Crippen LogP contribution is 2.39. The first-order chi connectivity index (χ1) is 11.5. The summed E-state index contributed by atoms with van der Waals surface area (Å²) in [4.78, 5) is 12.2. The number of carbonyl (C=O) groups excluding carboxylic acids is 1. The van der Waals surface area contributed by atoms with Gasteiger partial charge in [-0.05, 0) is 50.3 Å². The Morgan fingerprint density at radius 1 is 1.38 bits per heavy atom. The van der Waals surface area contributed by atoms with Gasteiger partial charge in [-0.25, -0.2) is 4.68 Å². The maximum atomic E-state index is 12.2. The van der Waals surface area contributed by atoms with E-state index in [0.29, 0.717) is 11.1 Å². The Labute approximate surface area is 146 Å². The molecular formula is C17H23N5OS. The van der Waals surface area contributed by atoms with E-state index in [-0.39, 0.29) is 17.7 Å². The molecule has 0 unspecified atom stereocenters. The van der Waals surface area contributed by atoms with Crippen molar-refractivity contribution in [3.8, 4) is 0 Å². The van der Waals surface area contributed by atoms with E-state index in [2.05, 4.69) is 47.6 Å². The van der Waals surface area contributed by atoms with Crippen LogP contribution in [0, 0.1) is 13.8 Å². The highest BCUT2D eigenvalue weighted by atomic mass is 32.2. The monoisotopic (exact) mass is 345 g/mol. The molecule has 1 fully saturated rings. The largest absolute Gasteiger partial charge is 0.349 e. The molecular weight excluding hydrogens is 322 g/mol. The highest BCUT2D eigenvalue weighted by molar-refractivity contribution is 7.99. The van der Waals surface area contributed by atoms with E-state index in [9.17, 15) is 4.79 Å². The molecule has 1 aliphatic carbocycles. The predicted molar refractivity (Wildman–Crippen MR) is 95.3 cm³/mol. The number of aryl methyl sites for hydroxylation is 2. The molecule has 0 radical (unpaired) electrons. The van der Waals surface area contributed by atoms with E-state index in [1.165, 1.54) is 27.6 Å². The Balaban J connectivity index is 1.54. The molecule has 0 saturated heterocycles. The number of rotatable bonds is 6. The third-order valence-electron chi connectivity index (χ3n) is 4.37. The smallest absolute Gasteiger partial charge is 0.230 e. The molecule has 6 nitrogen and oxygen atoms in total. The van der Waals surface area contributed by atoms with Crippen LogP contribution in [0.15, 0.2) is 23.4 Å². The average molecular weight is 345 g/mol. The number of carbonyl (C=O) groups is 1. The lowest BCUT2D eigenvalue weighted by molar-refractivity contribution is -0.119. The summed E-state index contributed by atoms with van der Waals surface area (Å²) in [6.45, 7) is 6.15. The number of hydrogen-bond acceptors (Lipinski definition) is 5. The fourth-order valence-electron chi connectivity index (χ4n) is 2.54. The second-order valence-electron chi connectivity index (χ2n) is 6.41. The molecule has 1 heterocycles. The van der Waals surface area contributed by atoms with Gasteiger partial charge in [0, 0.05) is 5.92 Å². The van der Waals surface area contributed by atoms with Crippen LogP contribution >= 0.6 is 11.8 Å². The van der Waals surface area contributed by atoms with Crippen molar-refractivity contribution in [2.75, 3.05) is 11.6 Å². The maximum absolute atomic E-state index is 12.2. The quantitative estimate of drug-likeness (QED) is 0.620. The number of nitrogens with one attached hydrogen (secondary N) is 1. The number of nitrogens with zero attached hydrogens (tertiary/aromatic N) is 3. The van der Waals surface area contributed by atoms with Gasteiger partial charge in [-0.3, -0.25) is 4.79 Å². The molecule has 1 aromatic heterocycles. The summed E-state index contributed by atoms with van der Waals surface area (Å²) in [6.07, 6.45) is 2.24. The van der Waals surface area contributed by atoms with E-state index in [4.69, 9.17) is 5.84 Å². The third-order valence-corrected chi connectivity index (χ3v) is 5.32. The summed E-state index contributed by atoms with van der Waals surface area (Å²) >= 11 is 1.32. The Morgan fingerprint density at radius 2 is 2.12 bits per heavy atom. The van der Waals surface area contributed by atoms with Gasteiger partial charge < -0.3 is 11.2 Å². The van der Waals surface area contributed by atoms with E-state index in [1.807, 2.05) is 6.92 Å². The molecule has 1 saturated carbocycles. The lowest BCUT2D eigenvalue weighted by Gasteiger charge is -2.15. The Hall–Kier alpha value is -2.02. The van der Waals surface area contributed by atoms with Gasteiger partial charge in [0.25, 0.3) is 0 Å². The summed E-state index contributed by atoms with van der Waals surface area (Å²) < 4.78 is 1.52. The van der Waals surface area contributed by atoms with E-state index < -0.39 is 0 Å². The standard InChI is InChI=1S/C17H23N5OS/c1-10-4-5-14(8-11(10)2)12(3)19-15(23)9-24-17-21-20-16(22(17)18)13-6-7-13/h4-5,8,12-13H,6-7,9,18H2,1-3H3,(H,19,23)/t12-/m1/s1. The van der Waals surface area contributed by atoms with Crippen LogP contribution in [-0.2, 0) is 4.79 Å². The van der Waals surface area contributed by atoms with Crippen LogP contribution in [0.3, 0.4) is 0 Å². The zero-order valence-electron chi connectivity index (χ0n) is 14.2. The molecule has 128 valence electrons. The van der Waals surface area contributed by atoms with Crippen molar-refractivity contribution >= 4 is 17.7 Å². The van der Waals surface area contributed by atoms with Crippen molar-refractivity contribution in [1.82, 2.24) is 20.2 Å². The van der Waals surface area contributed by atoms with Crippen LogP contribution in [0.4, 0.5) is 0 Å². The normalized spacial score (nSPS) is 15.3. The van der Waals surface area contributed by atoms with Crippen molar-refractivity contribution in [2.24, 2.45) is 0 Å². The van der Waals surface area contributed by atoms with Crippen molar-refractivity contribution in [3.05, 3.63) is 40.7 Å². The number of nitrogens with two attached hydrogens (primary N) is 1. The second-order valence-corrected chi connectivity index (χ2v) is 7.35. The van der Waals surface area contributed by atoms with Gasteiger partial charge in [0.05, 0.1) is 11.8 Å². The van der Waals surface area contributed by atoms with Crippen LogP contribution in [0.2, 0.25) is 0 Å². The first-order valence-corrected chi connectivity index (χ1v) is 9.14. The van der Waals surface area contributed by atoms with Gasteiger partial charge >= 0.3 is 0 Å². The van der Waals surface area contributed by atoms with Gasteiger partial charge in [-0.15, -0.1) is 10.2 Å². The van der Waals surface area contributed by atoms with Crippen molar-refractivity contribution in [1.29, 1.82) is 0 Å². The molecule has 3 N–H and O–H groups in total. The molecule has 7 heteroatoms. The number of thioether (sulfide) groups is 1. The maximum Gasteiger partial charge on any atom is 0.230 e. The lowest BCUT2D eigenvalue weighted by Crippen LogP contribution is -2.28. The van der Waals surface area contributed by atoms with Crippen LogP contribution in [0.5, 0.6) is 0 Å². The van der Waals surface area contributed by atoms with Gasteiger partial charge in [0.2, 0.25) is 11.1 Å². The molecule has 1 amide bonds. The lowest BCUT2D eigenvalue weighted by atomic mass is 10.0. The topological polar surface area (TPSA) is 85.8 Å². The number of nitrogen functional groups attached to an aromatic ring is 1. The minimum atomic E-state index is -0.0401. The molecule has 24 heavy (non-hydrogen) atoms. The SMILES string of the molecule is Cc1ccc([C@@H](C)NC(=O)CSc2nnc(C3CC3)n2N)cc1C. The number of amides is 1. The number of aromatic nitrogens is 3. The van der Waals surface area contributed by atoms with Gasteiger partial charge in [0.1, 0.15) is 0 Å². The van der Waals surface area contributed by atoms with E-state index in [0.717, 1.165) is 24.2 Å². The van der Waals surface area contributed by atoms with Crippen molar-refractivity contribution in [3.63, 3.8) is 0 Å². The zero-order chi connectivity index (χ0) is 17.3. The van der Waals surface area contributed by atoms with Crippen LogP contribution < -0.4 is 11.2 Å². The van der Waals surface area contributed by atoms with Crippen LogP contribution in [0.1, 0.15) is 54.2 Å². The molecule has 0 spiro atoms. The van der Waals surface area contributed by atoms with Crippen LogP contribution in [0.25, 0.3) is 0 Å². The van der Waals surface area contributed by atoms with Gasteiger partial charge in [-0.1, -0.05) is 30.0 Å². The Bertz CT molecular complexity index is 753. The number of hydrogen-bond donors (Lipinski definition) is 2. The summed E-state index contributed by atoms with van der Waals surface area (Å²) in [6, 6.07) is 6.22. The fourth-order valence-corrected chi connectivity index (χ4v) is 3.21. The first-order valence-electron chi connectivity index (χ1n) is 8.15. The fraction of sp³-hybridized carbons (Fsp3) is 0.471. The summed E-state index contributed by atoms with van der Waals surface area (Å²) in [5, 5.41) is 11.8. The summed E-state index contributed by atoms with van der Waals surface area (Å²) in [5.74, 6) is 7.49. The van der Waals surface area contributed by atoms with Gasteiger partial charge in [-0.2, -0.15) is 0 Å². The summed E-state index contributed by atoms with van der Waals surface area (Å²) in [7, 11) is 0. The Kier molecular flexibility index (Phi) is 4.80. The molecule has 0 bridgehead atoms. The minimum absolute atomic E-state index is 0.0322. The second kappa shape index (κ2) is 6.84. The first kappa shape index (κ1) is 16.8. The highest BCUT2D eigenvalue weighted by Gasteiger charge is 2.30. The van der Waals surface area contributed by atoms with Crippen molar-refractivity contribution in [2.45, 2.75) is 50.7 Å². The molecule has 1 atom stereocenters. The molecule has 1 aromatic carbocycles. The average Bonchev–Trinajstić information content (AvgIpc) is 3.32. The molecule has 2 aromatic rings.